The molecule has 0 bridgehead atoms. The molecule has 0 amide bonds. The summed E-state index contributed by atoms with van der Waals surface area (Å²) < 4.78 is 0. The van der Waals surface area contributed by atoms with Crippen molar-refractivity contribution in [2.24, 2.45) is 11.8 Å². The fourth-order valence-electron chi connectivity index (χ4n) is 3.90. The molecule has 108 valence electrons. The smallest absolute Gasteiger partial charge is 0.160 e. The van der Waals surface area contributed by atoms with E-state index in [4.69, 9.17) is 0 Å². The number of carbonyl (C=O) groups excluding carboxylic acids is 2. The summed E-state index contributed by atoms with van der Waals surface area (Å²) in [5, 5.41) is 0. The Morgan fingerprint density at radius 1 is 0.773 bits per heavy atom. The number of allylic oxidation sites excluding steroid dienone is 2. The first-order valence-electron chi connectivity index (χ1n) is 7.64. The minimum absolute atomic E-state index is 0.0300. The average Bonchev–Trinajstić information content (AvgIpc) is 2.57. The molecule has 0 radical (unpaired) electrons. The van der Waals surface area contributed by atoms with Gasteiger partial charge in [0.25, 0.3) is 0 Å². The zero-order chi connectivity index (χ0) is 15.1. The van der Waals surface area contributed by atoms with E-state index in [9.17, 15) is 9.59 Å². The Morgan fingerprint density at radius 3 is 2.27 bits per heavy atom. The lowest BCUT2D eigenvalue weighted by Gasteiger charge is -2.39. The van der Waals surface area contributed by atoms with Crippen molar-refractivity contribution in [1.82, 2.24) is 0 Å². The zero-order valence-corrected chi connectivity index (χ0v) is 12.1. The molecule has 0 saturated heterocycles. The van der Waals surface area contributed by atoms with Crippen LogP contribution in [0.2, 0.25) is 0 Å². The molecule has 2 aliphatic rings. The van der Waals surface area contributed by atoms with E-state index >= 15 is 0 Å². The molecule has 0 saturated carbocycles. The van der Waals surface area contributed by atoms with Gasteiger partial charge < -0.3 is 0 Å². The molecular formula is C20H16O2. The van der Waals surface area contributed by atoms with Gasteiger partial charge in [0.05, 0.1) is 0 Å². The van der Waals surface area contributed by atoms with Gasteiger partial charge in [-0.15, -0.1) is 0 Å². The van der Waals surface area contributed by atoms with Crippen molar-refractivity contribution in [1.29, 1.82) is 0 Å². The van der Waals surface area contributed by atoms with Crippen LogP contribution in [0.1, 0.15) is 22.6 Å². The monoisotopic (exact) mass is 288 g/mol. The van der Waals surface area contributed by atoms with Crippen molar-refractivity contribution in [3.63, 3.8) is 0 Å². The van der Waals surface area contributed by atoms with E-state index < -0.39 is 0 Å². The van der Waals surface area contributed by atoms with Crippen LogP contribution < -0.4 is 0 Å². The lowest BCUT2D eigenvalue weighted by molar-refractivity contribution is -0.129. The van der Waals surface area contributed by atoms with Gasteiger partial charge in [-0.25, -0.2) is 0 Å². The van der Waals surface area contributed by atoms with Crippen molar-refractivity contribution in [3.05, 3.63) is 83.4 Å². The third kappa shape index (κ3) is 1.95. The van der Waals surface area contributed by atoms with E-state index in [1.807, 2.05) is 30.3 Å². The molecule has 0 N–H and O–H groups in total. The Morgan fingerprint density at radius 2 is 1.45 bits per heavy atom. The van der Waals surface area contributed by atoms with Crippen LogP contribution in [0.25, 0.3) is 0 Å². The molecule has 3 atom stereocenters. The van der Waals surface area contributed by atoms with Crippen LogP contribution in [0.3, 0.4) is 0 Å². The molecule has 4 rings (SSSR count). The van der Waals surface area contributed by atoms with E-state index in [-0.39, 0.29) is 29.3 Å². The standard InChI is InChI=1S/C20H16O2/c21-17-10-11-18(22)20-16(17)12-14-8-4-5-9-15(14)19(20)13-6-2-1-3-7-13/h1-11,16,19-20H,12H2. The highest BCUT2D eigenvalue weighted by molar-refractivity contribution is 6.08. The molecule has 2 aromatic rings. The molecule has 2 aliphatic carbocycles. The van der Waals surface area contributed by atoms with Gasteiger partial charge in [0.2, 0.25) is 0 Å². The quantitative estimate of drug-likeness (QED) is 0.806. The number of hydrogen-bond acceptors (Lipinski definition) is 2. The third-order valence-electron chi connectivity index (χ3n) is 4.89. The van der Waals surface area contributed by atoms with Gasteiger partial charge in [-0.2, -0.15) is 0 Å². The van der Waals surface area contributed by atoms with Crippen LogP contribution in [0.15, 0.2) is 66.7 Å². The van der Waals surface area contributed by atoms with E-state index in [0.29, 0.717) is 6.42 Å². The van der Waals surface area contributed by atoms with E-state index in [1.54, 1.807) is 0 Å². The number of rotatable bonds is 1. The minimum atomic E-state index is -0.269. The maximum absolute atomic E-state index is 12.5. The molecule has 2 heteroatoms. The molecule has 3 unspecified atom stereocenters. The van der Waals surface area contributed by atoms with Gasteiger partial charge in [0.1, 0.15) is 0 Å². The van der Waals surface area contributed by atoms with Crippen LogP contribution in [0, 0.1) is 11.8 Å². The largest absolute Gasteiger partial charge is 0.295 e. The number of benzene rings is 2. The number of hydrogen-bond donors (Lipinski definition) is 0. The van der Waals surface area contributed by atoms with Gasteiger partial charge in [-0.3, -0.25) is 9.59 Å². The summed E-state index contributed by atoms with van der Waals surface area (Å²) in [5.74, 6) is -0.363. The topological polar surface area (TPSA) is 34.1 Å². The van der Waals surface area contributed by atoms with Gasteiger partial charge >= 0.3 is 0 Å². The van der Waals surface area contributed by atoms with Crippen LogP contribution >= 0.6 is 0 Å². The van der Waals surface area contributed by atoms with E-state index in [0.717, 1.165) is 5.56 Å². The van der Waals surface area contributed by atoms with Crippen LogP contribution in [0.4, 0.5) is 0 Å². The Kier molecular flexibility index (Phi) is 3.04. The first-order valence-corrected chi connectivity index (χ1v) is 7.64. The molecule has 22 heavy (non-hydrogen) atoms. The van der Waals surface area contributed by atoms with Crippen LogP contribution in [-0.4, -0.2) is 11.6 Å². The first kappa shape index (κ1) is 13.2. The summed E-state index contributed by atoms with van der Waals surface area (Å²) in [6.45, 7) is 0. The fraction of sp³-hybridized carbons (Fsp3) is 0.200. The molecule has 0 heterocycles. The normalized spacial score (nSPS) is 26.5. The average molecular weight is 288 g/mol. The van der Waals surface area contributed by atoms with Crippen molar-refractivity contribution in [2.75, 3.05) is 0 Å². The van der Waals surface area contributed by atoms with Crippen molar-refractivity contribution in [3.8, 4) is 0 Å². The molecular weight excluding hydrogens is 272 g/mol. The van der Waals surface area contributed by atoms with Crippen molar-refractivity contribution >= 4 is 11.6 Å². The SMILES string of the molecule is O=C1C=CC(=O)C2C1Cc1ccccc1C2c1ccccc1. The van der Waals surface area contributed by atoms with Gasteiger partial charge in [-0.1, -0.05) is 54.6 Å². The van der Waals surface area contributed by atoms with Crippen molar-refractivity contribution in [2.45, 2.75) is 12.3 Å². The Labute approximate surface area is 129 Å². The van der Waals surface area contributed by atoms with Crippen LogP contribution in [0.5, 0.6) is 0 Å². The zero-order valence-electron chi connectivity index (χ0n) is 12.1. The van der Waals surface area contributed by atoms with E-state index in [2.05, 4.69) is 24.3 Å². The fourth-order valence-corrected chi connectivity index (χ4v) is 3.90. The molecule has 0 aliphatic heterocycles. The summed E-state index contributed by atoms with van der Waals surface area (Å²) in [7, 11) is 0. The lowest BCUT2D eigenvalue weighted by Crippen LogP contribution is -2.41. The third-order valence-corrected chi connectivity index (χ3v) is 4.89. The van der Waals surface area contributed by atoms with Gasteiger partial charge in [0, 0.05) is 17.8 Å². The number of carbonyl (C=O) groups is 2. The molecule has 0 aromatic heterocycles. The number of fused-ring (bicyclic) bond motifs is 2. The second kappa shape index (κ2) is 5.06. The lowest BCUT2D eigenvalue weighted by atomic mass is 9.62. The number of ketones is 2. The minimum Gasteiger partial charge on any atom is -0.295 e. The maximum Gasteiger partial charge on any atom is 0.160 e. The highest BCUT2D eigenvalue weighted by Crippen LogP contribution is 2.45. The Hall–Kier alpha value is -2.48. The molecule has 2 aromatic carbocycles. The summed E-state index contributed by atoms with van der Waals surface area (Å²) in [4.78, 5) is 24.9. The first-order chi connectivity index (χ1) is 10.8. The highest BCUT2D eigenvalue weighted by atomic mass is 16.1. The second-order valence-corrected chi connectivity index (χ2v) is 6.06. The summed E-state index contributed by atoms with van der Waals surface area (Å²) in [5.41, 5.74) is 3.49. The second-order valence-electron chi connectivity index (χ2n) is 6.06. The predicted molar refractivity (Wildman–Crippen MR) is 84.6 cm³/mol. The molecule has 0 spiro atoms. The Bertz CT molecular complexity index is 773. The van der Waals surface area contributed by atoms with Gasteiger partial charge in [-0.05, 0) is 35.3 Å². The van der Waals surface area contributed by atoms with Crippen LogP contribution in [-0.2, 0) is 16.0 Å². The Balaban J connectivity index is 1.93. The predicted octanol–water partition coefficient (Wildman–Crippen LogP) is 3.32. The summed E-state index contributed by atoms with van der Waals surface area (Å²) in [6, 6.07) is 18.3. The molecule has 0 fully saturated rings. The van der Waals surface area contributed by atoms with Gasteiger partial charge in [0.15, 0.2) is 11.6 Å². The van der Waals surface area contributed by atoms with E-state index in [1.165, 1.54) is 23.3 Å². The molecule has 2 nitrogen and oxygen atoms in total. The van der Waals surface area contributed by atoms with Crippen molar-refractivity contribution < 1.29 is 9.59 Å². The summed E-state index contributed by atoms with van der Waals surface area (Å²) in [6.07, 6.45) is 3.59. The highest BCUT2D eigenvalue weighted by Gasteiger charge is 2.44. The maximum atomic E-state index is 12.5. The summed E-state index contributed by atoms with van der Waals surface area (Å²) >= 11 is 0.